The quantitative estimate of drug-likeness (QED) is 0.725. The molecule has 1 aliphatic rings. The highest BCUT2D eigenvalue weighted by molar-refractivity contribution is 8.00. The van der Waals surface area contributed by atoms with Gasteiger partial charge in [0.25, 0.3) is 0 Å². The van der Waals surface area contributed by atoms with E-state index in [4.69, 9.17) is 0 Å². The van der Waals surface area contributed by atoms with Crippen molar-refractivity contribution in [2.75, 3.05) is 11.5 Å². The Kier molecular flexibility index (Phi) is 2.46. The van der Waals surface area contributed by atoms with Crippen LogP contribution in [0.2, 0.25) is 0 Å². The summed E-state index contributed by atoms with van der Waals surface area (Å²) in [6.45, 7) is 0. The third kappa shape index (κ3) is 1.69. The van der Waals surface area contributed by atoms with Gasteiger partial charge < -0.3 is 0 Å². The molecule has 0 saturated carbocycles. The SMILES string of the molecule is O=C1CSCC1Cc1cscn1. The minimum atomic E-state index is 0.233. The van der Waals surface area contributed by atoms with Crippen molar-refractivity contribution < 1.29 is 4.79 Å². The number of carbonyl (C=O) groups excluding carboxylic acids is 1. The molecule has 64 valence electrons. The third-order valence-corrected chi connectivity index (χ3v) is 3.72. The number of thiazole rings is 1. The summed E-state index contributed by atoms with van der Waals surface area (Å²) >= 11 is 3.33. The van der Waals surface area contributed by atoms with Crippen LogP contribution in [-0.2, 0) is 11.2 Å². The fraction of sp³-hybridized carbons (Fsp3) is 0.500. The Labute approximate surface area is 79.4 Å². The summed E-state index contributed by atoms with van der Waals surface area (Å²) in [6.07, 6.45) is 0.843. The number of aromatic nitrogens is 1. The van der Waals surface area contributed by atoms with Crippen molar-refractivity contribution in [3.63, 3.8) is 0 Å². The first kappa shape index (κ1) is 8.26. The minimum Gasteiger partial charge on any atom is -0.298 e. The van der Waals surface area contributed by atoms with Crippen LogP contribution in [0, 0.1) is 5.92 Å². The molecule has 2 nitrogen and oxygen atoms in total. The largest absolute Gasteiger partial charge is 0.298 e. The molecular formula is C8H9NOS2. The van der Waals surface area contributed by atoms with E-state index >= 15 is 0 Å². The topological polar surface area (TPSA) is 30.0 Å². The van der Waals surface area contributed by atoms with Crippen LogP contribution in [0.4, 0.5) is 0 Å². The minimum absolute atomic E-state index is 0.233. The molecule has 0 bridgehead atoms. The van der Waals surface area contributed by atoms with E-state index < -0.39 is 0 Å². The van der Waals surface area contributed by atoms with Gasteiger partial charge in [0.15, 0.2) is 0 Å². The molecule has 1 atom stereocenters. The van der Waals surface area contributed by atoms with Gasteiger partial charge in [0.1, 0.15) is 5.78 Å². The van der Waals surface area contributed by atoms with Gasteiger partial charge in [0.05, 0.1) is 17.0 Å². The molecule has 1 aromatic rings. The lowest BCUT2D eigenvalue weighted by Gasteiger charge is -2.02. The molecule has 0 aromatic carbocycles. The molecule has 0 N–H and O–H groups in total. The molecule has 0 spiro atoms. The molecule has 0 radical (unpaired) electrons. The van der Waals surface area contributed by atoms with Gasteiger partial charge in [-0.15, -0.1) is 11.3 Å². The summed E-state index contributed by atoms with van der Waals surface area (Å²) in [5, 5.41) is 2.02. The number of ketones is 1. The van der Waals surface area contributed by atoms with Crippen LogP contribution in [0.15, 0.2) is 10.9 Å². The van der Waals surface area contributed by atoms with Gasteiger partial charge in [-0.1, -0.05) is 0 Å². The molecule has 1 unspecified atom stereocenters. The van der Waals surface area contributed by atoms with Crippen LogP contribution in [0.25, 0.3) is 0 Å². The normalized spacial score (nSPS) is 23.3. The van der Waals surface area contributed by atoms with Crippen LogP contribution in [0.1, 0.15) is 5.69 Å². The average molecular weight is 199 g/mol. The molecule has 12 heavy (non-hydrogen) atoms. The van der Waals surface area contributed by atoms with E-state index in [9.17, 15) is 4.79 Å². The predicted molar refractivity (Wildman–Crippen MR) is 51.6 cm³/mol. The van der Waals surface area contributed by atoms with Crippen molar-refractivity contribution in [3.05, 3.63) is 16.6 Å². The Hall–Kier alpha value is -0.350. The van der Waals surface area contributed by atoms with E-state index in [2.05, 4.69) is 4.98 Å². The van der Waals surface area contributed by atoms with Gasteiger partial charge in [0, 0.05) is 23.5 Å². The van der Waals surface area contributed by atoms with E-state index in [-0.39, 0.29) is 5.92 Å². The van der Waals surface area contributed by atoms with Crippen molar-refractivity contribution in [2.45, 2.75) is 6.42 Å². The van der Waals surface area contributed by atoms with Crippen molar-refractivity contribution in [2.24, 2.45) is 5.92 Å². The van der Waals surface area contributed by atoms with Crippen molar-refractivity contribution >= 4 is 28.9 Å². The van der Waals surface area contributed by atoms with E-state index in [0.29, 0.717) is 11.5 Å². The zero-order chi connectivity index (χ0) is 8.39. The number of hydrogen-bond acceptors (Lipinski definition) is 4. The highest BCUT2D eigenvalue weighted by atomic mass is 32.2. The molecule has 0 amide bonds. The molecule has 1 saturated heterocycles. The van der Waals surface area contributed by atoms with Gasteiger partial charge in [-0.05, 0) is 0 Å². The second kappa shape index (κ2) is 3.58. The molecule has 1 fully saturated rings. The maximum Gasteiger partial charge on any atom is 0.147 e. The summed E-state index contributed by atoms with van der Waals surface area (Å²) < 4.78 is 0. The fourth-order valence-corrected chi connectivity index (χ4v) is 2.99. The lowest BCUT2D eigenvalue weighted by molar-refractivity contribution is -0.119. The lowest BCUT2D eigenvalue weighted by Crippen LogP contribution is -2.13. The molecule has 0 aliphatic carbocycles. The Morgan fingerprint density at radius 1 is 1.67 bits per heavy atom. The molecule has 1 aromatic heterocycles. The van der Waals surface area contributed by atoms with E-state index in [0.717, 1.165) is 17.9 Å². The monoisotopic (exact) mass is 199 g/mol. The first-order chi connectivity index (χ1) is 5.86. The Bertz CT molecular complexity index is 271. The first-order valence-corrected chi connectivity index (χ1v) is 5.93. The molecule has 2 rings (SSSR count). The Balaban J connectivity index is 1.99. The number of hydrogen-bond donors (Lipinski definition) is 0. The van der Waals surface area contributed by atoms with Gasteiger partial charge in [-0.3, -0.25) is 4.79 Å². The number of nitrogens with zero attached hydrogens (tertiary/aromatic N) is 1. The third-order valence-electron chi connectivity index (χ3n) is 1.96. The highest BCUT2D eigenvalue weighted by Gasteiger charge is 2.25. The van der Waals surface area contributed by atoms with Gasteiger partial charge in [-0.25, -0.2) is 4.98 Å². The summed E-state index contributed by atoms with van der Waals surface area (Å²) in [5.74, 6) is 2.32. The fourth-order valence-electron chi connectivity index (χ4n) is 1.28. The summed E-state index contributed by atoms with van der Waals surface area (Å²) in [6, 6.07) is 0. The average Bonchev–Trinajstić information content (AvgIpc) is 2.65. The molecule has 2 heterocycles. The molecule has 1 aliphatic heterocycles. The molecule has 4 heteroatoms. The zero-order valence-electron chi connectivity index (χ0n) is 6.53. The van der Waals surface area contributed by atoms with Crippen molar-refractivity contribution in [3.8, 4) is 0 Å². The standard InChI is InChI=1S/C8H9NOS2/c10-8-4-11-2-6(8)1-7-3-12-5-9-7/h3,5-6H,1-2,4H2. The van der Waals surface area contributed by atoms with Gasteiger partial charge >= 0.3 is 0 Å². The Morgan fingerprint density at radius 3 is 3.17 bits per heavy atom. The summed E-state index contributed by atoms with van der Waals surface area (Å²) in [7, 11) is 0. The lowest BCUT2D eigenvalue weighted by atomic mass is 10.0. The van der Waals surface area contributed by atoms with E-state index in [1.165, 1.54) is 0 Å². The van der Waals surface area contributed by atoms with Crippen LogP contribution in [0.3, 0.4) is 0 Å². The first-order valence-electron chi connectivity index (χ1n) is 3.84. The van der Waals surface area contributed by atoms with Crippen molar-refractivity contribution in [1.29, 1.82) is 0 Å². The number of rotatable bonds is 2. The zero-order valence-corrected chi connectivity index (χ0v) is 8.16. The maximum absolute atomic E-state index is 11.3. The van der Waals surface area contributed by atoms with E-state index in [1.807, 2.05) is 10.9 Å². The van der Waals surface area contributed by atoms with Crippen LogP contribution in [0.5, 0.6) is 0 Å². The number of carbonyl (C=O) groups is 1. The summed E-state index contributed by atoms with van der Waals surface area (Å²) in [5.41, 5.74) is 2.89. The summed E-state index contributed by atoms with van der Waals surface area (Å²) in [4.78, 5) is 15.4. The van der Waals surface area contributed by atoms with Crippen LogP contribution in [-0.4, -0.2) is 22.3 Å². The van der Waals surface area contributed by atoms with Gasteiger partial charge in [0.2, 0.25) is 0 Å². The predicted octanol–water partition coefficient (Wildman–Crippen LogP) is 1.62. The Morgan fingerprint density at radius 2 is 2.58 bits per heavy atom. The molecular weight excluding hydrogens is 190 g/mol. The number of Topliss-reactive ketones (excluding diaryl/α,β-unsaturated/α-hetero) is 1. The maximum atomic E-state index is 11.3. The number of thioether (sulfide) groups is 1. The second-order valence-corrected chi connectivity index (χ2v) is 4.61. The van der Waals surface area contributed by atoms with Crippen molar-refractivity contribution in [1.82, 2.24) is 4.98 Å². The van der Waals surface area contributed by atoms with Gasteiger partial charge in [-0.2, -0.15) is 11.8 Å². The van der Waals surface area contributed by atoms with Crippen LogP contribution >= 0.6 is 23.1 Å². The smallest absolute Gasteiger partial charge is 0.147 e. The van der Waals surface area contributed by atoms with E-state index in [1.54, 1.807) is 23.1 Å². The highest BCUT2D eigenvalue weighted by Crippen LogP contribution is 2.23. The second-order valence-electron chi connectivity index (χ2n) is 2.86. The van der Waals surface area contributed by atoms with Crippen LogP contribution < -0.4 is 0 Å².